The van der Waals surface area contributed by atoms with Gasteiger partial charge in [0.15, 0.2) is 5.78 Å². The Hall–Kier alpha value is -2.67. The minimum absolute atomic E-state index is 0.0524. The molecule has 0 amide bonds. The van der Waals surface area contributed by atoms with E-state index in [4.69, 9.17) is 0 Å². The van der Waals surface area contributed by atoms with Gasteiger partial charge in [0, 0.05) is 11.1 Å². The molecule has 0 radical (unpaired) electrons. The molecule has 0 fully saturated rings. The van der Waals surface area contributed by atoms with Gasteiger partial charge in [0.05, 0.1) is 0 Å². The first-order chi connectivity index (χ1) is 16.6. The topological polar surface area (TPSA) is 17.1 Å². The lowest BCUT2D eigenvalue weighted by molar-refractivity contribution is 0.103. The summed E-state index contributed by atoms with van der Waals surface area (Å²) in [6, 6.07) is 20.7. The fourth-order valence-electron chi connectivity index (χ4n) is 3.98. The van der Waals surface area contributed by atoms with Crippen molar-refractivity contribution in [1.82, 2.24) is 0 Å². The Bertz CT molecular complexity index is 1020. The van der Waals surface area contributed by atoms with Gasteiger partial charge in [-0.2, -0.15) is 0 Å². The fourth-order valence-corrected chi connectivity index (χ4v) is 3.98. The third kappa shape index (κ3) is 9.13. The van der Waals surface area contributed by atoms with Gasteiger partial charge in [0.1, 0.15) is 0 Å². The first-order valence-electron chi connectivity index (χ1n) is 13.4. The second-order valence-corrected chi connectivity index (χ2v) is 9.30. The standard InChI is InChI=1S/C22H28O.C8H10.2C2H6/c1-8-17-16(4)14(2)12-13-18(17)21(23)20-15(3)10-9-11-19(20)22(5,6)7;1-2-8-6-4-3-5-7-8;2*1-2/h9-13H,8H2,1-7H3;3-7H,2H2,1H3;2*1-2H3. The first kappa shape index (κ1) is 32.3. The van der Waals surface area contributed by atoms with Gasteiger partial charge in [-0.15, -0.1) is 0 Å². The molecule has 0 aliphatic rings. The molecule has 0 heterocycles. The third-order valence-electron chi connectivity index (χ3n) is 6.03. The summed E-state index contributed by atoms with van der Waals surface area (Å²) in [4.78, 5) is 13.4. The van der Waals surface area contributed by atoms with Crippen LogP contribution in [0, 0.1) is 20.8 Å². The Morgan fingerprint density at radius 3 is 1.71 bits per heavy atom. The SMILES string of the molecule is CC.CC.CCc1c(C(=O)c2c(C)cccc2C(C)(C)C)ccc(C)c1C.CCc1ccccc1. The molecule has 1 nitrogen and oxygen atoms in total. The minimum atomic E-state index is -0.0524. The van der Waals surface area contributed by atoms with Crippen LogP contribution in [-0.2, 0) is 18.3 Å². The van der Waals surface area contributed by atoms with E-state index in [0.29, 0.717) is 0 Å². The Balaban J connectivity index is 0.000000801. The smallest absolute Gasteiger partial charge is 0.193 e. The van der Waals surface area contributed by atoms with Crippen LogP contribution in [0.3, 0.4) is 0 Å². The van der Waals surface area contributed by atoms with Crippen molar-refractivity contribution in [1.29, 1.82) is 0 Å². The first-order valence-corrected chi connectivity index (χ1v) is 13.4. The fraction of sp³-hybridized carbons (Fsp3) is 0.441. The average Bonchev–Trinajstić information content (AvgIpc) is 2.87. The van der Waals surface area contributed by atoms with Crippen LogP contribution >= 0.6 is 0 Å². The van der Waals surface area contributed by atoms with Gasteiger partial charge >= 0.3 is 0 Å². The van der Waals surface area contributed by atoms with Crippen molar-refractivity contribution in [2.75, 3.05) is 0 Å². The van der Waals surface area contributed by atoms with Gasteiger partial charge in [-0.3, -0.25) is 4.79 Å². The van der Waals surface area contributed by atoms with Crippen LogP contribution < -0.4 is 0 Å². The van der Waals surface area contributed by atoms with E-state index >= 15 is 0 Å². The van der Waals surface area contributed by atoms with Gasteiger partial charge in [0.2, 0.25) is 0 Å². The molecule has 3 aromatic rings. The van der Waals surface area contributed by atoms with Crippen molar-refractivity contribution in [3.63, 3.8) is 0 Å². The van der Waals surface area contributed by atoms with Crippen molar-refractivity contribution in [2.24, 2.45) is 0 Å². The molecule has 0 aromatic heterocycles. The van der Waals surface area contributed by atoms with E-state index in [1.54, 1.807) is 0 Å². The quantitative estimate of drug-likeness (QED) is 0.344. The summed E-state index contributed by atoms with van der Waals surface area (Å²) in [6.45, 7) is 25.1. The Morgan fingerprint density at radius 1 is 0.686 bits per heavy atom. The van der Waals surface area contributed by atoms with Crippen LogP contribution in [0.15, 0.2) is 60.7 Å². The molecule has 3 aromatic carbocycles. The van der Waals surface area contributed by atoms with Gasteiger partial charge in [-0.25, -0.2) is 0 Å². The normalized spacial score (nSPS) is 10.1. The van der Waals surface area contributed by atoms with Gasteiger partial charge in [-0.1, -0.05) is 123 Å². The zero-order chi connectivity index (χ0) is 27.2. The Morgan fingerprint density at radius 2 is 1.26 bits per heavy atom. The second kappa shape index (κ2) is 16.1. The number of carbonyl (C=O) groups is 1. The summed E-state index contributed by atoms with van der Waals surface area (Å²) in [6.07, 6.45) is 2.02. The second-order valence-electron chi connectivity index (χ2n) is 9.30. The van der Waals surface area contributed by atoms with Crippen LogP contribution in [0.4, 0.5) is 0 Å². The zero-order valence-corrected chi connectivity index (χ0v) is 24.6. The molecule has 0 saturated carbocycles. The number of hydrogen-bond donors (Lipinski definition) is 0. The van der Waals surface area contributed by atoms with Crippen molar-refractivity contribution < 1.29 is 4.79 Å². The highest BCUT2D eigenvalue weighted by Gasteiger charge is 2.25. The summed E-state index contributed by atoms with van der Waals surface area (Å²) < 4.78 is 0. The molecule has 0 atom stereocenters. The molecule has 35 heavy (non-hydrogen) atoms. The highest BCUT2D eigenvalue weighted by molar-refractivity contribution is 6.12. The molecule has 0 aliphatic heterocycles. The summed E-state index contributed by atoms with van der Waals surface area (Å²) in [5.41, 5.74) is 8.94. The highest BCUT2D eigenvalue weighted by Crippen LogP contribution is 2.31. The maximum Gasteiger partial charge on any atom is 0.193 e. The molecular weight excluding hydrogens is 424 g/mol. The van der Waals surface area contributed by atoms with Gasteiger partial charge in [0.25, 0.3) is 0 Å². The minimum Gasteiger partial charge on any atom is -0.289 e. The third-order valence-corrected chi connectivity index (χ3v) is 6.03. The summed E-state index contributed by atoms with van der Waals surface area (Å²) in [5, 5.41) is 0. The number of ketones is 1. The molecule has 0 bridgehead atoms. The molecule has 0 spiro atoms. The predicted octanol–water partition coefficient (Wildman–Crippen LogP) is 10.0. The van der Waals surface area contributed by atoms with Crippen LogP contribution in [0.5, 0.6) is 0 Å². The van der Waals surface area contributed by atoms with Gasteiger partial charge < -0.3 is 0 Å². The van der Waals surface area contributed by atoms with E-state index in [9.17, 15) is 4.79 Å². The maximum atomic E-state index is 13.4. The largest absolute Gasteiger partial charge is 0.289 e. The Labute approximate surface area is 217 Å². The molecule has 1 heteroatoms. The van der Waals surface area contributed by atoms with E-state index in [-0.39, 0.29) is 11.2 Å². The van der Waals surface area contributed by atoms with Crippen LogP contribution in [-0.4, -0.2) is 5.78 Å². The van der Waals surface area contributed by atoms with Crippen LogP contribution in [0.1, 0.15) is 112 Å². The Kier molecular flexibility index (Phi) is 14.9. The molecule has 0 saturated heterocycles. The molecule has 0 unspecified atom stereocenters. The number of aryl methyl sites for hydroxylation is 3. The monoisotopic (exact) mass is 474 g/mol. The molecular formula is C34H50O. The van der Waals surface area contributed by atoms with E-state index in [1.807, 2.05) is 58.9 Å². The molecule has 0 aliphatic carbocycles. The van der Waals surface area contributed by atoms with Crippen molar-refractivity contribution in [3.05, 3.63) is 105 Å². The zero-order valence-electron chi connectivity index (χ0n) is 24.6. The van der Waals surface area contributed by atoms with Crippen molar-refractivity contribution in [2.45, 2.75) is 101 Å². The van der Waals surface area contributed by atoms with Crippen LogP contribution in [0.2, 0.25) is 0 Å². The average molecular weight is 475 g/mol. The van der Waals surface area contributed by atoms with Gasteiger partial charge in [-0.05, 0) is 72.4 Å². The lowest BCUT2D eigenvalue weighted by atomic mass is 9.79. The van der Waals surface area contributed by atoms with Crippen molar-refractivity contribution in [3.8, 4) is 0 Å². The van der Waals surface area contributed by atoms with Crippen LogP contribution in [0.25, 0.3) is 0 Å². The van der Waals surface area contributed by atoms with E-state index < -0.39 is 0 Å². The van der Waals surface area contributed by atoms with E-state index in [2.05, 4.69) is 84.9 Å². The highest BCUT2D eigenvalue weighted by atomic mass is 16.1. The number of rotatable bonds is 4. The van der Waals surface area contributed by atoms with E-state index in [1.165, 1.54) is 22.3 Å². The summed E-state index contributed by atoms with van der Waals surface area (Å²) >= 11 is 0. The molecule has 3 rings (SSSR count). The number of benzene rings is 3. The van der Waals surface area contributed by atoms with Crippen molar-refractivity contribution >= 4 is 5.78 Å². The predicted molar refractivity (Wildman–Crippen MR) is 157 cm³/mol. The summed E-state index contributed by atoms with van der Waals surface area (Å²) in [5.74, 6) is 0.160. The number of carbonyl (C=O) groups excluding carboxylic acids is 1. The lowest BCUT2D eigenvalue weighted by Crippen LogP contribution is -2.19. The number of hydrogen-bond acceptors (Lipinski definition) is 1. The molecule has 192 valence electrons. The maximum absolute atomic E-state index is 13.4. The lowest BCUT2D eigenvalue weighted by Gasteiger charge is -2.24. The van der Waals surface area contributed by atoms with E-state index in [0.717, 1.165) is 35.1 Å². The molecule has 0 N–H and O–H groups in total. The summed E-state index contributed by atoms with van der Waals surface area (Å²) in [7, 11) is 0.